The van der Waals surface area contributed by atoms with Gasteiger partial charge >= 0.3 is 5.97 Å². The molecule has 0 atom stereocenters. The lowest BCUT2D eigenvalue weighted by Crippen LogP contribution is -2.00. The summed E-state index contributed by atoms with van der Waals surface area (Å²) < 4.78 is 11.2. The van der Waals surface area contributed by atoms with E-state index in [1.807, 2.05) is 6.92 Å². The molecule has 26 heavy (non-hydrogen) atoms. The van der Waals surface area contributed by atoms with E-state index >= 15 is 0 Å². The van der Waals surface area contributed by atoms with Crippen molar-refractivity contribution in [1.82, 2.24) is 4.98 Å². The Hall–Kier alpha value is -1.79. The number of unbranched alkanes of at least 4 members (excludes halogenated alkanes) is 3. The number of hydrogen-bond donors (Lipinski definition) is 1. The van der Waals surface area contributed by atoms with Crippen molar-refractivity contribution < 1.29 is 19.4 Å². The summed E-state index contributed by atoms with van der Waals surface area (Å²) in [6, 6.07) is 3.53. The molecule has 1 aromatic carbocycles. The van der Waals surface area contributed by atoms with Gasteiger partial charge in [0.25, 0.3) is 0 Å². The van der Waals surface area contributed by atoms with Crippen LogP contribution in [0.1, 0.15) is 54.9 Å². The van der Waals surface area contributed by atoms with Crippen LogP contribution in [0.4, 0.5) is 0 Å². The van der Waals surface area contributed by atoms with E-state index in [1.54, 1.807) is 19.2 Å². The van der Waals surface area contributed by atoms with E-state index in [9.17, 15) is 9.90 Å². The quantitative estimate of drug-likeness (QED) is 0.521. The number of carbonyl (C=O) groups is 1. The highest BCUT2D eigenvalue weighted by atomic mass is 35.5. The molecule has 0 radical (unpaired) electrons. The van der Waals surface area contributed by atoms with Gasteiger partial charge in [0.15, 0.2) is 11.5 Å². The zero-order valence-electron chi connectivity index (χ0n) is 15.3. The summed E-state index contributed by atoms with van der Waals surface area (Å²) in [5, 5.41) is 10.4. The summed E-state index contributed by atoms with van der Waals surface area (Å²) in [6.07, 6.45) is 4.99. The first kappa shape index (κ1) is 20.5. The molecule has 142 valence electrons. The average Bonchev–Trinajstić information content (AvgIpc) is 3.07. The van der Waals surface area contributed by atoms with Crippen molar-refractivity contribution in [2.24, 2.45) is 0 Å². The van der Waals surface area contributed by atoms with Crippen molar-refractivity contribution in [2.45, 2.75) is 46.0 Å². The lowest BCUT2D eigenvalue weighted by molar-refractivity contribution is 0.0701. The molecule has 0 spiro atoms. The molecule has 0 aliphatic heterocycles. The molecule has 7 heteroatoms. The summed E-state index contributed by atoms with van der Waals surface area (Å²) in [4.78, 5) is 16.1. The number of aromatic carboxylic acids is 1. The van der Waals surface area contributed by atoms with Crippen LogP contribution in [-0.4, -0.2) is 29.8 Å². The summed E-state index contributed by atoms with van der Waals surface area (Å²) in [5.74, 6) is 0.0731. The second-order valence-electron chi connectivity index (χ2n) is 5.85. The SMILES string of the molecule is CCCCCCOc1c(Cl)cc(-c2nc(CC)c(C(=O)O)s2)cc1OC. The van der Waals surface area contributed by atoms with Crippen molar-refractivity contribution in [3.63, 3.8) is 0 Å². The number of aromatic nitrogens is 1. The molecule has 1 N–H and O–H groups in total. The maximum Gasteiger partial charge on any atom is 0.347 e. The highest BCUT2D eigenvalue weighted by molar-refractivity contribution is 7.17. The third kappa shape index (κ3) is 4.89. The summed E-state index contributed by atoms with van der Waals surface area (Å²) in [6.45, 7) is 4.63. The van der Waals surface area contributed by atoms with Crippen LogP contribution < -0.4 is 9.47 Å². The summed E-state index contributed by atoms with van der Waals surface area (Å²) in [5.41, 5.74) is 1.29. The number of hydrogen-bond acceptors (Lipinski definition) is 5. The van der Waals surface area contributed by atoms with Crippen molar-refractivity contribution in [2.75, 3.05) is 13.7 Å². The van der Waals surface area contributed by atoms with Crippen LogP contribution in [0.5, 0.6) is 11.5 Å². The number of halogens is 1. The molecule has 2 rings (SSSR count). The van der Waals surface area contributed by atoms with E-state index in [-0.39, 0.29) is 4.88 Å². The molecule has 1 aromatic heterocycles. The van der Waals surface area contributed by atoms with Gasteiger partial charge in [-0.15, -0.1) is 11.3 Å². The third-order valence-electron chi connectivity index (χ3n) is 3.95. The Morgan fingerprint density at radius 2 is 2.04 bits per heavy atom. The third-order valence-corrected chi connectivity index (χ3v) is 5.36. The van der Waals surface area contributed by atoms with E-state index in [0.717, 1.165) is 29.7 Å². The van der Waals surface area contributed by atoms with Gasteiger partial charge in [0.1, 0.15) is 9.88 Å². The number of methoxy groups -OCH3 is 1. The maximum atomic E-state index is 11.4. The fraction of sp³-hybridized carbons (Fsp3) is 0.474. The molecular weight excluding hydrogens is 374 g/mol. The molecule has 2 aromatic rings. The number of aryl methyl sites for hydroxylation is 1. The number of carboxylic acids is 1. The van der Waals surface area contributed by atoms with Crippen LogP contribution >= 0.6 is 22.9 Å². The van der Waals surface area contributed by atoms with Gasteiger partial charge in [0, 0.05) is 5.56 Å². The van der Waals surface area contributed by atoms with E-state index in [1.165, 1.54) is 12.8 Å². The first-order valence-electron chi connectivity index (χ1n) is 8.75. The first-order chi connectivity index (χ1) is 12.5. The Labute approximate surface area is 162 Å². The molecule has 0 aliphatic rings. The minimum absolute atomic E-state index is 0.258. The molecule has 0 unspecified atom stereocenters. The lowest BCUT2D eigenvalue weighted by atomic mass is 10.2. The Morgan fingerprint density at radius 3 is 2.62 bits per heavy atom. The fourth-order valence-electron chi connectivity index (χ4n) is 2.57. The molecule has 1 heterocycles. The molecule has 0 aliphatic carbocycles. The smallest absolute Gasteiger partial charge is 0.347 e. The minimum Gasteiger partial charge on any atom is -0.493 e. The molecule has 0 saturated heterocycles. The second-order valence-corrected chi connectivity index (χ2v) is 7.26. The molecule has 0 saturated carbocycles. The minimum atomic E-state index is -0.962. The predicted octanol–water partition coefficient (Wildman–Crippen LogP) is 5.69. The van der Waals surface area contributed by atoms with Crippen molar-refractivity contribution in [3.8, 4) is 22.1 Å². The van der Waals surface area contributed by atoms with E-state index in [2.05, 4.69) is 11.9 Å². The first-order valence-corrected chi connectivity index (χ1v) is 9.94. The Kier molecular flexibility index (Phi) is 7.72. The zero-order valence-corrected chi connectivity index (χ0v) is 16.9. The van der Waals surface area contributed by atoms with Crippen LogP contribution in [0.25, 0.3) is 10.6 Å². The van der Waals surface area contributed by atoms with Crippen LogP contribution in [0, 0.1) is 0 Å². The summed E-state index contributed by atoms with van der Waals surface area (Å²) >= 11 is 7.54. The Bertz CT molecular complexity index is 760. The van der Waals surface area contributed by atoms with Gasteiger partial charge in [0.2, 0.25) is 0 Å². The standard InChI is InChI=1S/C19H24ClNO4S/c1-4-6-7-8-9-25-16-13(20)10-12(11-15(16)24-3)18-21-14(5-2)17(26-18)19(22)23/h10-11H,4-9H2,1-3H3,(H,22,23). The largest absolute Gasteiger partial charge is 0.493 e. The van der Waals surface area contributed by atoms with Crippen molar-refractivity contribution in [3.05, 3.63) is 27.7 Å². The number of thiazole rings is 1. The lowest BCUT2D eigenvalue weighted by Gasteiger charge is -2.13. The van der Waals surface area contributed by atoms with E-state index in [0.29, 0.717) is 40.3 Å². The maximum absolute atomic E-state index is 11.4. The van der Waals surface area contributed by atoms with Gasteiger partial charge in [-0.25, -0.2) is 9.78 Å². The van der Waals surface area contributed by atoms with Crippen LogP contribution in [-0.2, 0) is 6.42 Å². The average molecular weight is 398 g/mol. The number of nitrogens with zero attached hydrogens (tertiary/aromatic N) is 1. The topological polar surface area (TPSA) is 68.7 Å². The molecule has 0 bridgehead atoms. The van der Waals surface area contributed by atoms with E-state index < -0.39 is 5.97 Å². The van der Waals surface area contributed by atoms with E-state index in [4.69, 9.17) is 21.1 Å². The monoisotopic (exact) mass is 397 g/mol. The van der Waals surface area contributed by atoms with Gasteiger partial charge in [0.05, 0.1) is 24.4 Å². The van der Waals surface area contributed by atoms with Crippen LogP contribution in [0.3, 0.4) is 0 Å². The van der Waals surface area contributed by atoms with Crippen molar-refractivity contribution in [1.29, 1.82) is 0 Å². The highest BCUT2D eigenvalue weighted by Gasteiger charge is 2.19. The molecule has 5 nitrogen and oxygen atoms in total. The van der Waals surface area contributed by atoms with Crippen LogP contribution in [0.2, 0.25) is 5.02 Å². The number of benzene rings is 1. The number of rotatable bonds is 10. The Balaban J connectivity index is 2.26. The van der Waals surface area contributed by atoms with Gasteiger partial charge in [-0.1, -0.05) is 44.7 Å². The Morgan fingerprint density at radius 1 is 1.27 bits per heavy atom. The van der Waals surface area contributed by atoms with Crippen molar-refractivity contribution >= 4 is 28.9 Å². The van der Waals surface area contributed by atoms with Gasteiger partial charge < -0.3 is 14.6 Å². The molecule has 0 fully saturated rings. The molecule has 0 amide bonds. The zero-order chi connectivity index (χ0) is 19.1. The summed E-state index contributed by atoms with van der Waals surface area (Å²) in [7, 11) is 1.56. The number of ether oxygens (including phenoxy) is 2. The van der Waals surface area contributed by atoms with Gasteiger partial charge in [-0.2, -0.15) is 0 Å². The normalized spacial score (nSPS) is 10.8. The number of carboxylic acid groups (broad SMARTS) is 1. The molecular formula is C19H24ClNO4S. The van der Waals surface area contributed by atoms with Gasteiger partial charge in [-0.3, -0.25) is 0 Å². The van der Waals surface area contributed by atoms with Gasteiger partial charge in [-0.05, 0) is 25.0 Å². The fourth-order valence-corrected chi connectivity index (χ4v) is 3.81. The van der Waals surface area contributed by atoms with Crippen LogP contribution in [0.15, 0.2) is 12.1 Å². The highest BCUT2D eigenvalue weighted by Crippen LogP contribution is 2.41. The second kappa shape index (κ2) is 9.78. The predicted molar refractivity (Wildman–Crippen MR) is 105 cm³/mol.